The summed E-state index contributed by atoms with van der Waals surface area (Å²) in [5, 5.41) is 0. The maximum atomic E-state index is 5.93. The summed E-state index contributed by atoms with van der Waals surface area (Å²) >= 11 is 0. The summed E-state index contributed by atoms with van der Waals surface area (Å²) in [6, 6.07) is 6.02. The SMILES string of the molecule is CCc1ccc(OCC2CCOC2)c(N)c1. The average Bonchev–Trinajstić information content (AvgIpc) is 2.80. The lowest BCUT2D eigenvalue weighted by Crippen LogP contribution is -2.12. The van der Waals surface area contributed by atoms with E-state index in [1.807, 2.05) is 12.1 Å². The van der Waals surface area contributed by atoms with Crippen LogP contribution in [0.2, 0.25) is 0 Å². The van der Waals surface area contributed by atoms with Crippen LogP contribution in [0.15, 0.2) is 18.2 Å². The fourth-order valence-electron chi connectivity index (χ4n) is 1.87. The van der Waals surface area contributed by atoms with E-state index in [9.17, 15) is 0 Å². The lowest BCUT2D eigenvalue weighted by atomic mass is 10.1. The Labute approximate surface area is 96.5 Å². The number of aryl methyl sites for hydroxylation is 1. The Morgan fingerprint density at radius 3 is 3.00 bits per heavy atom. The van der Waals surface area contributed by atoms with Gasteiger partial charge in [-0.3, -0.25) is 0 Å². The van der Waals surface area contributed by atoms with E-state index in [2.05, 4.69) is 13.0 Å². The number of rotatable bonds is 4. The average molecular weight is 221 g/mol. The minimum absolute atomic E-state index is 0.519. The largest absolute Gasteiger partial charge is 0.491 e. The van der Waals surface area contributed by atoms with Crippen LogP contribution >= 0.6 is 0 Å². The summed E-state index contributed by atoms with van der Waals surface area (Å²) < 4.78 is 11.0. The molecule has 1 aromatic rings. The summed E-state index contributed by atoms with van der Waals surface area (Å²) in [7, 11) is 0. The molecule has 1 aromatic carbocycles. The van der Waals surface area contributed by atoms with E-state index < -0.39 is 0 Å². The van der Waals surface area contributed by atoms with Gasteiger partial charge in [-0.15, -0.1) is 0 Å². The molecule has 0 amide bonds. The van der Waals surface area contributed by atoms with Gasteiger partial charge in [0.05, 0.1) is 18.9 Å². The van der Waals surface area contributed by atoms with Gasteiger partial charge in [-0.2, -0.15) is 0 Å². The lowest BCUT2D eigenvalue weighted by Gasteiger charge is -2.12. The smallest absolute Gasteiger partial charge is 0.142 e. The third kappa shape index (κ3) is 2.67. The third-order valence-electron chi connectivity index (χ3n) is 2.98. The summed E-state index contributed by atoms with van der Waals surface area (Å²) in [4.78, 5) is 0. The number of benzene rings is 1. The molecule has 1 atom stereocenters. The lowest BCUT2D eigenvalue weighted by molar-refractivity contribution is 0.167. The first kappa shape index (κ1) is 11.3. The van der Waals surface area contributed by atoms with E-state index in [0.29, 0.717) is 12.5 Å². The van der Waals surface area contributed by atoms with Crippen LogP contribution in [0, 0.1) is 5.92 Å². The summed E-state index contributed by atoms with van der Waals surface area (Å²) in [5.41, 5.74) is 7.90. The number of nitrogen functional groups attached to an aromatic ring is 1. The molecule has 2 rings (SSSR count). The zero-order valence-corrected chi connectivity index (χ0v) is 9.74. The van der Waals surface area contributed by atoms with Crippen molar-refractivity contribution in [3.63, 3.8) is 0 Å². The highest BCUT2D eigenvalue weighted by Crippen LogP contribution is 2.24. The van der Waals surface area contributed by atoms with Gasteiger partial charge in [0, 0.05) is 12.5 Å². The monoisotopic (exact) mass is 221 g/mol. The van der Waals surface area contributed by atoms with E-state index in [0.717, 1.165) is 37.5 Å². The van der Waals surface area contributed by atoms with E-state index in [1.165, 1.54) is 5.56 Å². The maximum absolute atomic E-state index is 5.93. The molecule has 1 aliphatic rings. The third-order valence-corrected chi connectivity index (χ3v) is 2.98. The van der Waals surface area contributed by atoms with Gasteiger partial charge in [0.15, 0.2) is 0 Å². The van der Waals surface area contributed by atoms with E-state index in [1.54, 1.807) is 0 Å². The molecule has 0 radical (unpaired) electrons. The van der Waals surface area contributed by atoms with Crippen LogP contribution in [-0.4, -0.2) is 19.8 Å². The number of hydrogen-bond donors (Lipinski definition) is 1. The molecule has 0 spiro atoms. The van der Waals surface area contributed by atoms with E-state index >= 15 is 0 Å². The van der Waals surface area contributed by atoms with Crippen molar-refractivity contribution in [2.24, 2.45) is 5.92 Å². The highest BCUT2D eigenvalue weighted by Gasteiger charge is 2.16. The van der Waals surface area contributed by atoms with Crippen molar-refractivity contribution >= 4 is 5.69 Å². The van der Waals surface area contributed by atoms with Gasteiger partial charge in [-0.05, 0) is 30.5 Å². The normalized spacial score (nSPS) is 19.9. The minimum Gasteiger partial charge on any atom is -0.491 e. The molecule has 1 saturated heterocycles. The van der Waals surface area contributed by atoms with Crippen LogP contribution in [0.1, 0.15) is 18.9 Å². The van der Waals surface area contributed by atoms with Crippen molar-refractivity contribution in [2.45, 2.75) is 19.8 Å². The Bertz CT molecular complexity index is 346. The molecule has 3 heteroatoms. The van der Waals surface area contributed by atoms with Crippen LogP contribution in [0.5, 0.6) is 5.75 Å². The number of ether oxygens (including phenoxy) is 2. The van der Waals surface area contributed by atoms with Gasteiger partial charge >= 0.3 is 0 Å². The Balaban J connectivity index is 1.93. The van der Waals surface area contributed by atoms with Crippen LogP contribution in [0.3, 0.4) is 0 Å². The highest BCUT2D eigenvalue weighted by molar-refractivity contribution is 5.54. The van der Waals surface area contributed by atoms with E-state index in [4.69, 9.17) is 15.2 Å². The van der Waals surface area contributed by atoms with Crippen molar-refractivity contribution in [3.8, 4) is 5.75 Å². The Hall–Kier alpha value is -1.22. The van der Waals surface area contributed by atoms with Gasteiger partial charge in [0.25, 0.3) is 0 Å². The van der Waals surface area contributed by atoms with Crippen molar-refractivity contribution in [1.29, 1.82) is 0 Å². The maximum Gasteiger partial charge on any atom is 0.142 e. The summed E-state index contributed by atoms with van der Waals surface area (Å²) in [6.45, 7) is 4.49. The molecule has 0 aliphatic carbocycles. The highest BCUT2D eigenvalue weighted by atomic mass is 16.5. The van der Waals surface area contributed by atoms with Gasteiger partial charge in [0.2, 0.25) is 0 Å². The predicted molar refractivity (Wildman–Crippen MR) is 64.7 cm³/mol. The molecule has 0 aromatic heterocycles. The van der Waals surface area contributed by atoms with Gasteiger partial charge in [-0.1, -0.05) is 13.0 Å². The predicted octanol–water partition coefficient (Wildman–Crippen LogP) is 2.25. The van der Waals surface area contributed by atoms with Crippen molar-refractivity contribution in [2.75, 3.05) is 25.6 Å². The first-order chi connectivity index (χ1) is 7.79. The summed E-state index contributed by atoms with van der Waals surface area (Å²) in [5.74, 6) is 1.31. The first-order valence-electron chi connectivity index (χ1n) is 5.88. The Morgan fingerprint density at radius 2 is 2.38 bits per heavy atom. The molecule has 1 heterocycles. The molecule has 1 aliphatic heterocycles. The van der Waals surface area contributed by atoms with Crippen molar-refractivity contribution in [3.05, 3.63) is 23.8 Å². The topological polar surface area (TPSA) is 44.5 Å². The Kier molecular flexibility index (Phi) is 3.67. The molecule has 3 nitrogen and oxygen atoms in total. The zero-order chi connectivity index (χ0) is 11.4. The number of hydrogen-bond acceptors (Lipinski definition) is 3. The quantitative estimate of drug-likeness (QED) is 0.793. The van der Waals surface area contributed by atoms with Gasteiger partial charge in [-0.25, -0.2) is 0 Å². The van der Waals surface area contributed by atoms with Crippen LogP contribution < -0.4 is 10.5 Å². The Morgan fingerprint density at radius 1 is 1.50 bits per heavy atom. The van der Waals surface area contributed by atoms with Crippen molar-refractivity contribution in [1.82, 2.24) is 0 Å². The molecular weight excluding hydrogens is 202 g/mol. The summed E-state index contributed by atoms with van der Waals surface area (Å²) in [6.07, 6.45) is 2.09. The van der Waals surface area contributed by atoms with Crippen LogP contribution in [0.25, 0.3) is 0 Å². The van der Waals surface area contributed by atoms with Gasteiger partial charge < -0.3 is 15.2 Å². The standard InChI is InChI=1S/C13H19NO2/c1-2-10-3-4-13(12(14)7-10)16-9-11-5-6-15-8-11/h3-4,7,11H,2,5-6,8-9,14H2,1H3. The zero-order valence-electron chi connectivity index (χ0n) is 9.74. The molecule has 1 unspecified atom stereocenters. The van der Waals surface area contributed by atoms with E-state index in [-0.39, 0.29) is 0 Å². The second-order valence-electron chi connectivity index (χ2n) is 4.27. The second kappa shape index (κ2) is 5.21. The second-order valence-corrected chi connectivity index (χ2v) is 4.27. The molecule has 0 bridgehead atoms. The van der Waals surface area contributed by atoms with Crippen LogP contribution in [-0.2, 0) is 11.2 Å². The molecular formula is C13H19NO2. The molecule has 88 valence electrons. The number of nitrogens with two attached hydrogens (primary N) is 1. The molecule has 16 heavy (non-hydrogen) atoms. The molecule has 2 N–H and O–H groups in total. The van der Waals surface area contributed by atoms with Crippen LogP contribution in [0.4, 0.5) is 5.69 Å². The fourth-order valence-corrected chi connectivity index (χ4v) is 1.87. The fraction of sp³-hybridized carbons (Fsp3) is 0.538. The molecule has 0 saturated carbocycles. The van der Waals surface area contributed by atoms with Crippen molar-refractivity contribution < 1.29 is 9.47 Å². The molecule has 1 fully saturated rings. The minimum atomic E-state index is 0.519. The first-order valence-corrected chi connectivity index (χ1v) is 5.88. The van der Waals surface area contributed by atoms with Gasteiger partial charge in [0.1, 0.15) is 5.75 Å². The number of anilines is 1.